The molecule has 0 aliphatic carbocycles. The molecule has 0 saturated carbocycles. The smallest absolute Gasteiger partial charge is 0.408 e. The highest BCUT2D eigenvalue weighted by Crippen LogP contribution is 2.32. The van der Waals surface area contributed by atoms with Gasteiger partial charge in [0.25, 0.3) is 0 Å². The molecule has 3 atom stereocenters. The summed E-state index contributed by atoms with van der Waals surface area (Å²) >= 11 is 0. The first kappa shape index (κ1) is 19.3. The van der Waals surface area contributed by atoms with Crippen LogP contribution in [0.1, 0.15) is 53.4 Å². The first-order chi connectivity index (χ1) is 11.6. The highest BCUT2D eigenvalue weighted by molar-refractivity contribution is 5.90. The van der Waals surface area contributed by atoms with Crippen molar-refractivity contribution in [1.82, 2.24) is 10.2 Å². The number of carbonyl (C=O) groups excluding carboxylic acids is 3. The normalized spacial score (nSPS) is 26.9. The number of alkyl carbamates (subject to hydrolysis) is 1. The van der Waals surface area contributed by atoms with Gasteiger partial charge in [-0.3, -0.25) is 4.79 Å². The minimum atomic E-state index is -0.752. The maximum atomic E-state index is 13.0. The van der Waals surface area contributed by atoms with Gasteiger partial charge in [0.1, 0.15) is 17.7 Å². The molecule has 0 radical (unpaired) electrons. The van der Waals surface area contributed by atoms with E-state index in [0.29, 0.717) is 12.8 Å². The molecular weight excluding hydrogens is 324 g/mol. The monoisotopic (exact) mass is 352 g/mol. The lowest BCUT2D eigenvalue weighted by atomic mass is 9.99. The molecule has 140 valence electrons. The zero-order valence-corrected chi connectivity index (χ0v) is 15.6. The largest absolute Gasteiger partial charge is 0.467 e. The third kappa shape index (κ3) is 4.74. The molecule has 0 bridgehead atoms. The molecule has 0 spiro atoms. The molecule has 0 aromatic rings. The molecule has 0 aromatic heterocycles. The van der Waals surface area contributed by atoms with Gasteiger partial charge in [0.2, 0.25) is 5.91 Å². The quantitative estimate of drug-likeness (QED) is 0.608. The highest BCUT2D eigenvalue weighted by Gasteiger charge is 2.44. The van der Waals surface area contributed by atoms with Gasteiger partial charge in [0.05, 0.1) is 7.11 Å². The van der Waals surface area contributed by atoms with E-state index >= 15 is 0 Å². The third-order valence-corrected chi connectivity index (χ3v) is 4.48. The fourth-order valence-corrected chi connectivity index (χ4v) is 3.41. The van der Waals surface area contributed by atoms with Crippen molar-refractivity contribution < 1.29 is 23.9 Å². The van der Waals surface area contributed by atoms with Crippen molar-refractivity contribution in [1.29, 1.82) is 0 Å². The van der Waals surface area contributed by atoms with Crippen molar-refractivity contribution in [3.63, 3.8) is 0 Å². The predicted octanol–water partition coefficient (Wildman–Crippen LogP) is 2.15. The standard InChI is InChI=1S/C18H28N2O5/c1-11-6-8-13(19-17(23)25-18(2,3)4)15(21)20-12(10-11)7-9-14(20)16(22)24-5/h6,12-14H,7-10H2,1-5H3,(H,19,23)/t12-,13+,14+/m1/s1. The van der Waals surface area contributed by atoms with Crippen LogP contribution in [0.2, 0.25) is 0 Å². The van der Waals surface area contributed by atoms with Crippen LogP contribution in [-0.2, 0) is 19.1 Å². The lowest BCUT2D eigenvalue weighted by molar-refractivity contribution is -0.153. The number of nitrogens with zero attached hydrogens (tertiary/aromatic N) is 1. The molecule has 2 aliphatic heterocycles. The fraction of sp³-hybridized carbons (Fsp3) is 0.722. The van der Waals surface area contributed by atoms with Gasteiger partial charge in [-0.15, -0.1) is 0 Å². The second-order valence-corrected chi connectivity index (χ2v) is 7.70. The molecule has 7 nitrogen and oxygen atoms in total. The van der Waals surface area contributed by atoms with Crippen LogP contribution in [0.15, 0.2) is 11.6 Å². The molecule has 2 heterocycles. The summed E-state index contributed by atoms with van der Waals surface area (Å²) < 4.78 is 10.1. The highest BCUT2D eigenvalue weighted by atomic mass is 16.6. The second kappa shape index (κ2) is 7.45. The van der Waals surface area contributed by atoms with E-state index in [9.17, 15) is 14.4 Å². The summed E-state index contributed by atoms with van der Waals surface area (Å²) in [5.41, 5.74) is 0.495. The van der Waals surface area contributed by atoms with Crippen LogP contribution in [0, 0.1) is 0 Å². The van der Waals surface area contributed by atoms with Gasteiger partial charge in [-0.1, -0.05) is 11.6 Å². The van der Waals surface area contributed by atoms with Gasteiger partial charge in [0, 0.05) is 6.04 Å². The van der Waals surface area contributed by atoms with E-state index in [4.69, 9.17) is 9.47 Å². The minimum absolute atomic E-state index is 0.0453. The van der Waals surface area contributed by atoms with Crippen molar-refractivity contribution in [2.75, 3.05) is 7.11 Å². The fourth-order valence-electron chi connectivity index (χ4n) is 3.41. The van der Waals surface area contributed by atoms with Crippen LogP contribution >= 0.6 is 0 Å². The number of fused-ring (bicyclic) bond motifs is 1. The Hall–Kier alpha value is -2.05. The number of rotatable bonds is 2. The molecule has 25 heavy (non-hydrogen) atoms. The van der Waals surface area contributed by atoms with Crippen molar-refractivity contribution in [2.45, 2.75) is 77.1 Å². The first-order valence-electron chi connectivity index (χ1n) is 8.67. The van der Waals surface area contributed by atoms with E-state index in [1.54, 1.807) is 25.7 Å². The molecular formula is C18H28N2O5. The van der Waals surface area contributed by atoms with Crippen LogP contribution < -0.4 is 5.32 Å². The first-order valence-corrected chi connectivity index (χ1v) is 8.67. The van der Waals surface area contributed by atoms with Crippen molar-refractivity contribution in [2.24, 2.45) is 0 Å². The molecule has 7 heteroatoms. The Labute approximate surface area is 148 Å². The van der Waals surface area contributed by atoms with Gasteiger partial charge in [0.15, 0.2) is 0 Å². The Morgan fingerprint density at radius 1 is 1.28 bits per heavy atom. The summed E-state index contributed by atoms with van der Waals surface area (Å²) in [6.45, 7) is 7.30. The number of amides is 2. The lowest BCUT2D eigenvalue weighted by Crippen LogP contribution is -2.55. The van der Waals surface area contributed by atoms with Crippen LogP contribution in [-0.4, -0.2) is 53.7 Å². The summed E-state index contributed by atoms with van der Waals surface area (Å²) in [7, 11) is 1.33. The average molecular weight is 352 g/mol. The lowest BCUT2D eigenvalue weighted by Gasteiger charge is -2.34. The molecule has 1 N–H and O–H groups in total. The van der Waals surface area contributed by atoms with Gasteiger partial charge in [-0.05, 0) is 53.4 Å². The molecule has 2 rings (SSSR count). The SMILES string of the molecule is COC(=O)[C@@H]1CC[C@@H]2CC(C)=CC[C@H](NC(=O)OC(C)(C)C)C(=O)N21. The predicted molar refractivity (Wildman–Crippen MR) is 91.8 cm³/mol. The summed E-state index contributed by atoms with van der Waals surface area (Å²) in [6, 6.07) is -1.38. The van der Waals surface area contributed by atoms with Crippen molar-refractivity contribution in [3.8, 4) is 0 Å². The van der Waals surface area contributed by atoms with Crippen molar-refractivity contribution in [3.05, 3.63) is 11.6 Å². The van der Waals surface area contributed by atoms with E-state index in [1.165, 1.54) is 7.11 Å². The van der Waals surface area contributed by atoms with Gasteiger partial charge in [-0.2, -0.15) is 0 Å². The Balaban J connectivity index is 2.22. The Bertz CT molecular complexity index is 579. The van der Waals surface area contributed by atoms with Crippen LogP contribution in [0.4, 0.5) is 4.79 Å². The second-order valence-electron chi connectivity index (χ2n) is 7.70. The number of hydrogen-bond donors (Lipinski definition) is 1. The van der Waals surface area contributed by atoms with Gasteiger partial charge < -0.3 is 19.7 Å². The molecule has 1 fully saturated rings. The molecule has 2 aliphatic rings. The Morgan fingerprint density at radius 3 is 2.56 bits per heavy atom. The van der Waals surface area contributed by atoms with Gasteiger partial charge >= 0.3 is 12.1 Å². The number of esters is 1. The molecule has 2 amide bonds. The van der Waals surface area contributed by atoms with Gasteiger partial charge in [-0.25, -0.2) is 9.59 Å². The number of methoxy groups -OCH3 is 1. The number of carbonyl (C=O) groups is 3. The topological polar surface area (TPSA) is 84.9 Å². The van der Waals surface area contributed by atoms with E-state index < -0.39 is 29.7 Å². The summed E-state index contributed by atoms with van der Waals surface area (Å²) in [6.07, 6.45) is 3.77. The van der Waals surface area contributed by atoms with Crippen LogP contribution in [0.3, 0.4) is 0 Å². The number of ether oxygens (including phenoxy) is 2. The molecule has 0 unspecified atom stereocenters. The third-order valence-electron chi connectivity index (χ3n) is 4.48. The summed E-state index contributed by atoms with van der Waals surface area (Å²) in [5, 5.41) is 2.65. The maximum Gasteiger partial charge on any atom is 0.408 e. The zero-order valence-electron chi connectivity index (χ0n) is 15.6. The number of hydrogen-bond acceptors (Lipinski definition) is 5. The van der Waals surface area contributed by atoms with Crippen LogP contribution in [0.5, 0.6) is 0 Å². The maximum absolute atomic E-state index is 13.0. The van der Waals surface area contributed by atoms with E-state index in [2.05, 4.69) is 5.32 Å². The summed E-state index contributed by atoms with van der Waals surface area (Å²) in [5.74, 6) is -0.665. The minimum Gasteiger partial charge on any atom is -0.467 e. The molecule has 0 aromatic carbocycles. The zero-order chi connectivity index (χ0) is 18.8. The van der Waals surface area contributed by atoms with E-state index in [-0.39, 0.29) is 11.9 Å². The Kier molecular flexibility index (Phi) is 5.75. The van der Waals surface area contributed by atoms with E-state index in [0.717, 1.165) is 18.4 Å². The van der Waals surface area contributed by atoms with Crippen LogP contribution in [0.25, 0.3) is 0 Å². The van der Waals surface area contributed by atoms with Crippen molar-refractivity contribution >= 4 is 18.0 Å². The Morgan fingerprint density at radius 2 is 1.96 bits per heavy atom. The summed E-state index contributed by atoms with van der Waals surface area (Å²) in [4.78, 5) is 38.8. The average Bonchev–Trinajstić information content (AvgIpc) is 2.90. The van der Waals surface area contributed by atoms with E-state index in [1.807, 2.05) is 13.0 Å². The molecule has 1 saturated heterocycles. The number of nitrogens with one attached hydrogen (secondary N) is 1.